The van der Waals surface area contributed by atoms with Gasteiger partial charge in [-0.2, -0.15) is 0 Å². The van der Waals surface area contributed by atoms with Crippen LogP contribution in [-0.2, 0) is 9.46 Å². The quantitative estimate of drug-likeness (QED) is 0.456. The highest BCUT2D eigenvalue weighted by molar-refractivity contribution is 8.42. The van der Waals surface area contributed by atoms with Crippen LogP contribution in [0, 0.1) is 10.1 Å². The van der Waals surface area contributed by atoms with Crippen LogP contribution in [0.15, 0.2) is 29.2 Å². The molecule has 0 amide bonds. The van der Waals surface area contributed by atoms with E-state index < -0.39 is 22.5 Å². The van der Waals surface area contributed by atoms with E-state index in [9.17, 15) is 22.7 Å². The van der Waals surface area contributed by atoms with E-state index in [0.29, 0.717) is 0 Å². The first-order chi connectivity index (χ1) is 6.47. The van der Waals surface area contributed by atoms with Gasteiger partial charge in [-0.05, 0) is 12.1 Å². The van der Waals surface area contributed by atoms with E-state index in [-0.39, 0.29) is 10.6 Å². The predicted molar refractivity (Wildman–Crippen MR) is 49.7 cm³/mol. The standard InChI is InChI=1S/C6H5FNO4PS/c7-13-14(11,12)6-3-1-5(2-4-6)8(9)10/h1-4,13H. The molecule has 1 aromatic rings. The number of benzene rings is 1. The minimum atomic E-state index is -3.90. The van der Waals surface area contributed by atoms with Crippen molar-refractivity contribution in [1.82, 2.24) is 0 Å². The van der Waals surface area contributed by atoms with Crippen LogP contribution in [0.1, 0.15) is 0 Å². The van der Waals surface area contributed by atoms with Crippen LogP contribution >= 0.6 is 8.09 Å². The monoisotopic (exact) mass is 237 g/mol. The summed E-state index contributed by atoms with van der Waals surface area (Å²) in [6.07, 6.45) is 0. The van der Waals surface area contributed by atoms with Crippen molar-refractivity contribution in [1.29, 1.82) is 0 Å². The molecule has 1 rings (SSSR count). The fourth-order valence-corrected chi connectivity index (χ4v) is 2.05. The van der Waals surface area contributed by atoms with Crippen LogP contribution < -0.4 is 0 Å². The topological polar surface area (TPSA) is 77.3 Å². The van der Waals surface area contributed by atoms with Crippen LogP contribution in [0.5, 0.6) is 0 Å². The van der Waals surface area contributed by atoms with Crippen molar-refractivity contribution in [2.45, 2.75) is 4.90 Å². The highest BCUT2D eigenvalue weighted by Crippen LogP contribution is 2.30. The Morgan fingerprint density at radius 1 is 1.29 bits per heavy atom. The van der Waals surface area contributed by atoms with Crippen LogP contribution in [0.3, 0.4) is 0 Å². The molecule has 0 aliphatic heterocycles. The summed E-state index contributed by atoms with van der Waals surface area (Å²) in [5.41, 5.74) is -0.230. The Morgan fingerprint density at radius 3 is 2.14 bits per heavy atom. The lowest BCUT2D eigenvalue weighted by molar-refractivity contribution is -0.384. The summed E-state index contributed by atoms with van der Waals surface area (Å²) in [5.74, 6) is 0. The molecule has 0 spiro atoms. The zero-order valence-electron chi connectivity index (χ0n) is 6.68. The average molecular weight is 237 g/mol. The molecular weight excluding hydrogens is 232 g/mol. The molecule has 0 saturated carbocycles. The third-order valence-corrected chi connectivity index (χ3v) is 3.87. The molecule has 0 aliphatic rings. The first-order valence-electron chi connectivity index (χ1n) is 3.34. The SMILES string of the molecule is O=[N+]([O-])c1ccc(S(=O)(=O)PF)cc1. The molecule has 1 aromatic carbocycles. The largest absolute Gasteiger partial charge is 0.269 e. The molecule has 0 N–H and O–H groups in total. The lowest BCUT2D eigenvalue weighted by atomic mass is 10.3. The van der Waals surface area contributed by atoms with Gasteiger partial charge in [0.05, 0.1) is 9.82 Å². The van der Waals surface area contributed by atoms with E-state index in [4.69, 9.17) is 0 Å². The van der Waals surface area contributed by atoms with E-state index in [1.165, 1.54) is 0 Å². The van der Waals surface area contributed by atoms with Crippen molar-refractivity contribution in [3.05, 3.63) is 34.4 Å². The van der Waals surface area contributed by atoms with E-state index >= 15 is 0 Å². The summed E-state index contributed by atoms with van der Waals surface area (Å²) < 4.78 is 33.9. The lowest BCUT2D eigenvalue weighted by Gasteiger charge is -1.97. The van der Waals surface area contributed by atoms with Gasteiger partial charge >= 0.3 is 0 Å². The van der Waals surface area contributed by atoms with Crippen molar-refractivity contribution in [2.24, 2.45) is 0 Å². The van der Waals surface area contributed by atoms with Gasteiger partial charge in [-0.3, -0.25) is 10.1 Å². The maximum absolute atomic E-state index is 12.0. The number of hydrogen-bond donors (Lipinski definition) is 0. The first kappa shape index (κ1) is 11.0. The Labute approximate surface area is 80.7 Å². The molecule has 0 heterocycles. The van der Waals surface area contributed by atoms with Crippen molar-refractivity contribution < 1.29 is 17.5 Å². The first-order valence-corrected chi connectivity index (χ1v) is 6.43. The zero-order valence-corrected chi connectivity index (χ0v) is 8.49. The zero-order chi connectivity index (χ0) is 10.8. The molecule has 0 bridgehead atoms. The molecular formula is C6H5FNO4PS. The van der Waals surface area contributed by atoms with Gasteiger partial charge in [-0.1, -0.05) is 0 Å². The predicted octanol–water partition coefficient (Wildman–Crippen LogP) is 1.85. The summed E-state index contributed by atoms with van der Waals surface area (Å²) in [6.45, 7) is 0. The van der Waals surface area contributed by atoms with E-state index in [2.05, 4.69) is 0 Å². The highest BCUT2D eigenvalue weighted by Gasteiger charge is 2.15. The number of hydrogen-bond acceptors (Lipinski definition) is 4. The maximum atomic E-state index is 12.0. The molecule has 8 heteroatoms. The summed E-state index contributed by atoms with van der Waals surface area (Å²) in [7, 11) is -5.65. The number of rotatable bonds is 3. The van der Waals surface area contributed by atoms with Gasteiger partial charge in [-0.15, -0.1) is 0 Å². The van der Waals surface area contributed by atoms with Gasteiger partial charge < -0.3 is 0 Å². The second-order valence-corrected chi connectivity index (χ2v) is 6.04. The molecule has 0 aromatic heterocycles. The van der Waals surface area contributed by atoms with Gasteiger partial charge in [0.25, 0.3) is 5.69 Å². The van der Waals surface area contributed by atoms with E-state index in [0.717, 1.165) is 24.3 Å². The molecule has 76 valence electrons. The fourth-order valence-electron chi connectivity index (χ4n) is 0.792. The second-order valence-electron chi connectivity index (χ2n) is 2.33. The number of nitrogens with zero attached hydrogens (tertiary/aromatic N) is 1. The summed E-state index contributed by atoms with van der Waals surface area (Å²) >= 11 is 0. The molecule has 0 aliphatic carbocycles. The number of halogens is 1. The van der Waals surface area contributed by atoms with Crippen LogP contribution in [0.25, 0.3) is 0 Å². The van der Waals surface area contributed by atoms with Crippen molar-refractivity contribution in [3.63, 3.8) is 0 Å². The Balaban J connectivity index is 3.12. The van der Waals surface area contributed by atoms with Crippen LogP contribution in [0.4, 0.5) is 9.88 Å². The molecule has 0 fully saturated rings. The van der Waals surface area contributed by atoms with Gasteiger partial charge in [0.2, 0.25) is 9.46 Å². The molecule has 14 heavy (non-hydrogen) atoms. The Bertz CT molecular complexity index is 443. The number of nitro groups is 1. The van der Waals surface area contributed by atoms with Crippen molar-refractivity contribution in [3.8, 4) is 0 Å². The summed E-state index contributed by atoms with van der Waals surface area (Å²) in [4.78, 5) is 9.31. The van der Waals surface area contributed by atoms with Gasteiger partial charge in [0, 0.05) is 12.1 Å². The van der Waals surface area contributed by atoms with E-state index in [1.54, 1.807) is 0 Å². The minimum Gasteiger partial charge on any atom is -0.258 e. The fraction of sp³-hybridized carbons (Fsp3) is 0. The van der Waals surface area contributed by atoms with Crippen molar-refractivity contribution in [2.75, 3.05) is 0 Å². The lowest BCUT2D eigenvalue weighted by Crippen LogP contribution is -1.92. The third kappa shape index (κ3) is 2.24. The Morgan fingerprint density at radius 2 is 1.79 bits per heavy atom. The van der Waals surface area contributed by atoms with Crippen LogP contribution in [-0.4, -0.2) is 13.3 Å². The van der Waals surface area contributed by atoms with Gasteiger partial charge in [-0.25, -0.2) is 12.6 Å². The molecule has 0 radical (unpaired) electrons. The normalized spacial score (nSPS) is 12.1. The number of nitro benzene ring substituents is 1. The Hall–Kier alpha value is -1.07. The average Bonchev–Trinajstić information content (AvgIpc) is 2.18. The van der Waals surface area contributed by atoms with Gasteiger partial charge in [0.15, 0.2) is 8.09 Å². The van der Waals surface area contributed by atoms with Crippen molar-refractivity contribution >= 4 is 23.2 Å². The van der Waals surface area contributed by atoms with E-state index in [1.807, 2.05) is 0 Å². The summed E-state index contributed by atoms with van der Waals surface area (Å²) in [6, 6.07) is 4.07. The van der Waals surface area contributed by atoms with Gasteiger partial charge in [0.1, 0.15) is 0 Å². The summed E-state index contributed by atoms with van der Waals surface area (Å²) in [5, 5.41) is 10.2. The highest BCUT2D eigenvalue weighted by atomic mass is 32.8. The van der Waals surface area contributed by atoms with Crippen LogP contribution in [0.2, 0.25) is 0 Å². The second kappa shape index (κ2) is 3.98. The molecule has 5 nitrogen and oxygen atoms in total. The smallest absolute Gasteiger partial charge is 0.258 e. The maximum Gasteiger partial charge on any atom is 0.269 e. The number of non-ortho nitro benzene ring substituents is 1. The molecule has 1 unspecified atom stereocenters. The third-order valence-electron chi connectivity index (χ3n) is 1.46. The minimum absolute atomic E-state index is 0.230. The molecule has 0 saturated heterocycles. The molecule has 1 atom stereocenters. The Kier molecular flexibility index (Phi) is 3.13.